The minimum atomic E-state index is 0.132. The third-order valence-corrected chi connectivity index (χ3v) is 5.31. The van der Waals surface area contributed by atoms with Crippen molar-refractivity contribution in [3.05, 3.63) is 51.8 Å². The molecule has 23 heavy (non-hydrogen) atoms. The Labute approximate surface area is 141 Å². The predicted octanol–water partition coefficient (Wildman–Crippen LogP) is 3.18. The van der Waals surface area contributed by atoms with Crippen LogP contribution in [0, 0.1) is 0 Å². The molecule has 1 aliphatic heterocycles. The quantitative estimate of drug-likeness (QED) is 0.790. The van der Waals surface area contributed by atoms with Crippen LogP contribution in [0.3, 0.4) is 0 Å². The summed E-state index contributed by atoms with van der Waals surface area (Å²) in [5.41, 5.74) is 2.11. The van der Waals surface area contributed by atoms with Crippen molar-refractivity contribution < 1.29 is 0 Å². The Morgan fingerprint density at radius 3 is 2.65 bits per heavy atom. The summed E-state index contributed by atoms with van der Waals surface area (Å²) < 4.78 is 1.86. The van der Waals surface area contributed by atoms with Crippen LogP contribution in [-0.4, -0.2) is 28.4 Å². The first-order valence-corrected chi connectivity index (χ1v) is 9.28. The Morgan fingerprint density at radius 1 is 1.22 bits per heavy atom. The van der Waals surface area contributed by atoms with Gasteiger partial charge in [0.25, 0.3) is 5.56 Å². The monoisotopic (exact) mass is 329 g/mol. The van der Waals surface area contributed by atoms with E-state index in [1.54, 1.807) is 11.8 Å². The van der Waals surface area contributed by atoms with Gasteiger partial charge in [0, 0.05) is 31.8 Å². The lowest BCUT2D eigenvalue weighted by atomic mass is 10.1. The first-order valence-electron chi connectivity index (χ1n) is 8.30. The second-order valence-corrected chi connectivity index (χ2v) is 6.75. The molecule has 1 aromatic heterocycles. The topological polar surface area (TPSA) is 38.1 Å². The van der Waals surface area contributed by atoms with Crippen molar-refractivity contribution in [1.82, 2.24) is 9.55 Å². The van der Waals surface area contributed by atoms with E-state index in [1.807, 2.05) is 22.8 Å². The lowest BCUT2D eigenvalue weighted by molar-refractivity contribution is 0.554. The van der Waals surface area contributed by atoms with Crippen LogP contribution in [-0.2, 0) is 13.0 Å². The van der Waals surface area contributed by atoms with Crippen molar-refractivity contribution >= 4 is 17.6 Å². The molecular weight excluding hydrogens is 306 g/mol. The van der Waals surface area contributed by atoms with Crippen LogP contribution in [0.5, 0.6) is 0 Å². The lowest BCUT2D eigenvalue weighted by Crippen LogP contribution is -2.34. The van der Waals surface area contributed by atoms with Gasteiger partial charge in [0.2, 0.25) is 0 Å². The summed E-state index contributed by atoms with van der Waals surface area (Å²) in [5.74, 6) is 1.91. The summed E-state index contributed by atoms with van der Waals surface area (Å²) in [7, 11) is 0. The van der Waals surface area contributed by atoms with Gasteiger partial charge in [0.1, 0.15) is 5.82 Å². The van der Waals surface area contributed by atoms with E-state index in [2.05, 4.69) is 30.9 Å². The van der Waals surface area contributed by atoms with Gasteiger partial charge in [-0.25, -0.2) is 4.98 Å². The van der Waals surface area contributed by atoms with Crippen molar-refractivity contribution in [1.29, 1.82) is 0 Å². The third-order valence-electron chi connectivity index (χ3n) is 4.25. The highest BCUT2D eigenvalue weighted by Gasteiger charge is 2.22. The average molecular weight is 329 g/mol. The summed E-state index contributed by atoms with van der Waals surface area (Å²) in [6, 6.07) is 10.2. The van der Waals surface area contributed by atoms with Gasteiger partial charge < -0.3 is 4.90 Å². The first-order chi connectivity index (χ1) is 11.2. The number of aromatic nitrogens is 2. The minimum Gasteiger partial charge on any atom is -0.357 e. The third kappa shape index (κ3) is 3.29. The number of nitrogens with zero attached hydrogens (tertiary/aromatic N) is 3. The van der Waals surface area contributed by atoms with E-state index in [1.165, 1.54) is 0 Å². The van der Waals surface area contributed by atoms with Gasteiger partial charge in [-0.15, -0.1) is 0 Å². The second kappa shape index (κ2) is 7.21. The smallest absolute Gasteiger partial charge is 0.259 e. The molecule has 0 saturated heterocycles. The van der Waals surface area contributed by atoms with Crippen molar-refractivity contribution in [3.8, 4) is 0 Å². The molecule has 5 heteroatoms. The Kier molecular flexibility index (Phi) is 5.06. The Balaban J connectivity index is 2.12. The normalized spacial score (nSPS) is 13.7. The zero-order valence-corrected chi connectivity index (χ0v) is 14.6. The summed E-state index contributed by atoms with van der Waals surface area (Å²) in [5, 5.41) is 0.875. The van der Waals surface area contributed by atoms with Crippen LogP contribution in [0.2, 0.25) is 0 Å². The molecule has 122 valence electrons. The minimum absolute atomic E-state index is 0.132. The molecule has 2 heterocycles. The molecule has 0 saturated carbocycles. The maximum absolute atomic E-state index is 13.1. The highest BCUT2D eigenvalue weighted by atomic mass is 32.2. The molecule has 0 radical (unpaired) electrons. The maximum Gasteiger partial charge on any atom is 0.259 e. The van der Waals surface area contributed by atoms with Crippen LogP contribution >= 0.6 is 11.8 Å². The van der Waals surface area contributed by atoms with Crippen LogP contribution in [0.4, 0.5) is 5.82 Å². The fourth-order valence-corrected chi connectivity index (χ4v) is 3.93. The average Bonchev–Trinajstić information content (AvgIpc) is 2.60. The van der Waals surface area contributed by atoms with Gasteiger partial charge in [-0.3, -0.25) is 9.36 Å². The van der Waals surface area contributed by atoms with E-state index < -0.39 is 0 Å². The Hall–Kier alpha value is -1.75. The molecular formula is C18H23N3OS. The van der Waals surface area contributed by atoms with Gasteiger partial charge >= 0.3 is 0 Å². The largest absolute Gasteiger partial charge is 0.357 e. The number of hydrogen-bond acceptors (Lipinski definition) is 4. The molecule has 0 unspecified atom stereocenters. The standard InChI is InChI=1S/C18H23N3OS/c1-3-20(4-2)16-15(13-14-9-6-5-7-10-14)17(22)21-11-8-12-23-18(21)19-16/h5-7,9-10H,3-4,8,11-13H2,1-2H3. The lowest BCUT2D eigenvalue weighted by Gasteiger charge is -2.26. The van der Waals surface area contributed by atoms with Crippen LogP contribution in [0.25, 0.3) is 0 Å². The van der Waals surface area contributed by atoms with Crippen LogP contribution < -0.4 is 10.5 Å². The van der Waals surface area contributed by atoms with E-state index >= 15 is 0 Å². The Morgan fingerprint density at radius 2 is 1.96 bits per heavy atom. The number of benzene rings is 1. The molecule has 4 nitrogen and oxygen atoms in total. The predicted molar refractivity (Wildman–Crippen MR) is 96.6 cm³/mol. The number of hydrogen-bond donors (Lipinski definition) is 0. The fourth-order valence-electron chi connectivity index (χ4n) is 3.00. The van der Waals surface area contributed by atoms with Gasteiger partial charge in [0.05, 0.1) is 5.56 Å². The van der Waals surface area contributed by atoms with E-state index in [9.17, 15) is 4.79 Å². The first kappa shape index (κ1) is 16.1. The molecule has 2 aromatic rings. The highest BCUT2D eigenvalue weighted by Crippen LogP contribution is 2.26. The zero-order chi connectivity index (χ0) is 16.2. The molecule has 1 aliphatic rings. The molecule has 0 spiro atoms. The van der Waals surface area contributed by atoms with Gasteiger partial charge in [0.15, 0.2) is 5.16 Å². The van der Waals surface area contributed by atoms with E-state index in [0.29, 0.717) is 6.42 Å². The van der Waals surface area contributed by atoms with E-state index in [0.717, 1.165) is 53.9 Å². The number of rotatable bonds is 5. The molecule has 0 amide bonds. The van der Waals surface area contributed by atoms with E-state index in [4.69, 9.17) is 4.98 Å². The molecule has 0 fully saturated rings. The maximum atomic E-state index is 13.1. The fraction of sp³-hybridized carbons (Fsp3) is 0.444. The molecule has 0 atom stereocenters. The zero-order valence-electron chi connectivity index (χ0n) is 13.8. The van der Waals surface area contributed by atoms with Crippen molar-refractivity contribution in [2.24, 2.45) is 0 Å². The van der Waals surface area contributed by atoms with Gasteiger partial charge in [-0.05, 0) is 25.8 Å². The Bertz CT molecular complexity index is 723. The van der Waals surface area contributed by atoms with Gasteiger partial charge in [-0.2, -0.15) is 0 Å². The van der Waals surface area contributed by atoms with Crippen molar-refractivity contribution in [2.45, 2.75) is 38.4 Å². The summed E-state index contributed by atoms with van der Waals surface area (Å²) in [6.45, 7) is 6.73. The molecule has 0 bridgehead atoms. The summed E-state index contributed by atoms with van der Waals surface area (Å²) in [4.78, 5) is 20.1. The molecule has 1 aromatic carbocycles. The molecule has 0 aliphatic carbocycles. The van der Waals surface area contributed by atoms with Crippen LogP contribution in [0.1, 0.15) is 31.4 Å². The van der Waals surface area contributed by atoms with Crippen LogP contribution in [0.15, 0.2) is 40.3 Å². The SMILES string of the molecule is CCN(CC)c1nc2n(c(=O)c1Cc1ccccc1)CCCS2. The number of fused-ring (bicyclic) bond motifs is 1. The van der Waals surface area contributed by atoms with Crippen molar-refractivity contribution in [3.63, 3.8) is 0 Å². The molecule has 0 N–H and O–H groups in total. The van der Waals surface area contributed by atoms with Gasteiger partial charge in [-0.1, -0.05) is 42.1 Å². The van der Waals surface area contributed by atoms with Crippen molar-refractivity contribution in [2.75, 3.05) is 23.7 Å². The number of thioether (sulfide) groups is 1. The summed E-state index contributed by atoms with van der Waals surface area (Å²) >= 11 is 1.70. The second-order valence-electron chi connectivity index (χ2n) is 5.69. The summed E-state index contributed by atoms with van der Waals surface area (Å²) in [6.07, 6.45) is 1.68. The molecule has 3 rings (SSSR count). The highest BCUT2D eigenvalue weighted by molar-refractivity contribution is 7.99. The van der Waals surface area contributed by atoms with E-state index in [-0.39, 0.29) is 5.56 Å². The number of anilines is 1.